The molecule has 0 heterocycles. The summed E-state index contributed by atoms with van der Waals surface area (Å²) in [6.07, 6.45) is 5.51. The van der Waals surface area contributed by atoms with E-state index >= 15 is 0 Å². The molecule has 1 fully saturated rings. The molecule has 0 saturated heterocycles. The van der Waals surface area contributed by atoms with Gasteiger partial charge in [-0.3, -0.25) is 4.90 Å². The lowest BCUT2D eigenvalue weighted by Crippen LogP contribution is -2.46. The van der Waals surface area contributed by atoms with E-state index in [9.17, 15) is 0 Å². The monoisotopic (exact) mass is 225 g/mol. The average molecular weight is 225 g/mol. The van der Waals surface area contributed by atoms with Gasteiger partial charge in [0.15, 0.2) is 0 Å². The molecule has 0 aromatic heterocycles. The molecular weight excluding hydrogens is 194 g/mol. The van der Waals surface area contributed by atoms with Crippen molar-refractivity contribution in [2.24, 2.45) is 11.3 Å². The normalized spacial score (nSPS) is 35.1. The van der Waals surface area contributed by atoms with Gasteiger partial charge in [-0.15, -0.1) is 0 Å². The lowest BCUT2D eigenvalue weighted by atomic mass is 9.82. The Bertz CT molecular complexity index is 217. The van der Waals surface area contributed by atoms with E-state index in [1.165, 1.54) is 38.8 Å². The first-order chi connectivity index (χ1) is 7.33. The van der Waals surface area contributed by atoms with E-state index in [1.54, 1.807) is 0 Å². The summed E-state index contributed by atoms with van der Waals surface area (Å²) < 4.78 is 0. The second-order valence-electron chi connectivity index (χ2n) is 6.85. The first-order valence-electron chi connectivity index (χ1n) is 7.08. The van der Waals surface area contributed by atoms with Gasteiger partial charge in [-0.2, -0.15) is 0 Å². The van der Waals surface area contributed by atoms with E-state index in [2.05, 4.69) is 46.4 Å². The highest BCUT2D eigenvalue weighted by atomic mass is 15.2. The van der Waals surface area contributed by atoms with Crippen molar-refractivity contribution in [2.75, 3.05) is 13.1 Å². The van der Waals surface area contributed by atoms with Crippen LogP contribution in [-0.4, -0.2) is 23.5 Å². The zero-order valence-electron chi connectivity index (χ0n) is 12.3. The summed E-state index contributed by atoms with van der Waals surface area (Å²) in [4.78, 5) is 2.67. The minimum Gasteiger partial charge on any atom is -0.298 e. The number of nitrogens with zero attached hydrogens (tertiary/aromatic N) is 1. The molecule has 1 aliphatic carbocycles. The first-order valence-corrected chi connectivity index (χ1v) is 7.08. The fourth-order valence-electron chi connectivity index (χ4n) is 3.85. The Morgan fingerprint density at radius 2 is 1.56 bits per heavy atom. The molecule has 1 aliphatic rings. The summed E-state index contributed by atoms with van der Waals surface area (Å²) in [6.45, 7) is 16.8. The van der Waals surface area contributed by atoms with E-state index in [0.29, 0.717) is 11.0 Å². The van der Waals surface area contributed by atoms with Crippen LogP contribution in [0.15, 0.2) is 0 Å². The first kappa shape index (κ1) is 14.0. The molecule has 0 amide bonds. The Hall–Kier alpha value is -0.0400. The smallest absolute Gasteiger partial charge is 0.0183 e. The summed E-state index contributed by atoms with van der Waals surface area (Å²) >= 11 is 0. The number of hydrogen-bond donors (Lipinski definition) is 0. The van der Waals surface area contributed by atoms with E-state index < -0.39 is 0 Å². The molecular formula is C15H31N. The Balaban J connectivity index is 2.81. The van der Waals surface area contributed by atoms with E-state index in [-0.39, 0.29) is 0 Å². The lowest BCUT2D eigenvalue weighted by molar-refractivity contribution is 0.0879. The van der Waals surface area contributed by atoms with Gasteiger partial charge in [0.1, 0.15) is 0 Å². The summed E-state index contributed by atoms with van der Waals surface area (Å²) in [5.74, 6) is 0.864. The maximum Gasteiger partial charge on any atom is 0.0183 e. The van der Waals surface area contributed by atoms with Gasteiger partial charge in [0, 0.05) is 5.54 Å². The Labute approximate surface area is 103 Å². The van der Waals surface area contributed by atoms with Gasteiger partial charge in [-0.25, -0.2) is 0 Å². The number of rotatable bonds is 3. The summed E-state index contributed by atoms with van der Waals surface area (Å²) in [5.41, 5.74) is 0.987. The molecule has 0 bridgehead atoms. The Kier molecular flexibility index (Phi) is 4.45. The zero-order chi connectivity index (χ0) is 12.4. The third-order valence-corrected chi connectivity index (χ3v) is 4.56. The van der Waals surface area contributed by atoms with Crippen LogP contribution >= 0.6 is 0 Å². The quantitative estimate of drug-likeness (QED) is 0.646. The standard InChI is InChI=1S/C15H31N/c1-7-16(8-2)15(6)10-9-14(4,5)11-13(3)12-15/h13H,7-12H2,1-6H3. The largest absolute Gasteiger partial charge is 0.298 e. The topological polar surface area (TPSA) is 3.24 Å². The van der Waals surface area contributed by atoms with Gasteiger partial charge >= 0.3 is 0 Å². The molecule has 0 aromatic carbocycles. The molecule has 1 nitrogen and oxygen atoms in total. The second-order valence-corrected chi connectivity index (χ2v) is 6.85. The molecule has 2 atom stereocenters. The average Bonchev–Trinajstić information content (AvgIpc) is 2.25. The predicted molar refractivity (Wildman–Crippen MR) is 72.7 cm³/mol. The van der Waals surface area contributed by atoms with Crippen LogP contribution in [0.4, 0.5) is 0 Å². The molecule has 16 heavy (non-hydrogen) atoms. The summed E-state index contributed by atoms with van der Waals surface area (Å²) in [7, 11) is 0. The molecule has 1 heteroatoms. The molecule has 0 aliphatic heterocycles. The van der Waals surface area contributed by atoms with Crippen molar-refractivity contribution in [3.05, 3.63) is 0 Å². The van der Waals surface area contributed by atoms with Crippen LogP contribution in [0.5, 0.6) is 0 Å². The van der Waals surface area contributed by atoms with Crippen molar-refractivity contribution in [1.29, 1.82) is 0 Å². The van der Waals surface area contributed by atoms with Crippen molar-refractivity contribution in [1.82, 2.24) is 4.90 Å². The Morgan fingerprint density at radius 3 is 2.06 bits per heavy atom. The third kappa shape index (κ3) is 3.23. The predicted octanol–water partition coefficient (Wildman–Crippen LogP) is 4.32. The molecule has 96 valence electrons. The van der Waals surface area contributed by atoms with Gasteiger partial charge in [-0.1, -0.05) is 34.6 Å². The van der Waals surface area contributed by atoms with Crippen LogP contribution in [0.3, 0.4) is 0 Å². The van der Waals surface area contributed by atoms with Crippen molar-refractivity contribution >= 4 is 0 Å². The lowest BCUT2D eigenvalue weighted by Gasteiger charge is -2.41. The Morgan fingerprint density at radius 1 is 1.00 bits per heavy atom. The van der Waals surface area contributed by atoms with Gasteiger partial charge in [0.25, 0.3) is 0 Å². The molecule has 0 spiro atoms. The van der Waals surface area contributed by atoms with Crippen molar-refractivity contribution in [2.45, 2.75) is 72.8 Å². The van der Waals surface area contributed by atoms with Crippen LogP contribution in [0.1, 0.15) is 67.2 Å². The van der Waals surface area contributed by atoms with Crippen molar-refractivity contribution in [3.8, 4) is 0 Å². The van der Waals surface area contributed by atoms with E-state index in [1.807, 2.05) is 0 Å². The molecule has 1 saturated carbocycles. The van der Waals surface area contributed by atoms with Gasteiger partial charge in [0.05, 0.1) is 0 Å². The van der Waals surface area contributed by atoms with Gasteiger partial charge in [0.2, 0.25) is 0 Å². The summed E-state index contributed by atoms with van der Waals surface area (Å²) in [5, 5.41) is 0. The fourth-order valence-corrected chi connectivity index (χ4v) is 3.85. The molecule has 1 rings (SSSR count). The SMILES string of the molecule is CCN(CC)C1(C)CCC(C)(C)CC(C)C1. The fraction of sp³-hybridized carbons (Fsp3) is 1.00. The summed E-state index contributed by atoms with van der Waals surface area (Å²) in [6, 6.07) is 0. The van der Waals surface area contributed by atoms with Crippen LogP contribution in [0.2, 0.25) is 0 Å². The van der Waals surface area contributed by atoms with E-state index in [0.717, 1.165) is 5.92 Å². The van der Waals surface area contributed by atoms with Crippen LogP contribution in [0, 0.1) is 11.3 Å². The van der Waals surface area contributed by atoms with E-state index in [4.69, 9.17) is 0 Å². The zero-order valence-corrected chi connectivity index (χ0v) is 12.3. The maximum atomic E-state index is 2.67. The van der Waals surface area contributed by atoms with Crippen LogP contribution < -0.4 is 0 Å². The second kappa shape index (κ2) is 5.08. The molecule has 0 aromatic rings. The van der Waals surface area contributed by atoms with Crippen LogP contribution in [0.25, 0.3) is 0 Å². The highest BCUT2D eigenvalue weighted by molar-refractivity contribution is 4.92. The highest BCUT2D eigenvalue weighted by Crippen LogP contribution is 2.43. The minimum atomic E-state index is 0.441. The molecule has 2 unspecified atom stereocenters. The van der Waals surface area contributed by atoms with Crippen molar-refractivity contribution < 1.29 is 0 Å². The van der Waals surface area contributed by atoms with Crippen molar-refractivity contribution in [3.63, 3.8) is 0 Å². The third-order valence-electron chi connectivity index (χ3n) is 4.56. The van der Waals surface area contributed by atoms with Gasteiger partial charge < -0.3 is 0 Å². The van der Waals surface area contributed by atoms with Crippen LogP contribution in [-0.2, 0) is 0 Å². The number of hydrogen-bond acceptors (Lipinski definition) is 1. The molecule has 0 radical (unpaired) electrons. The highest BCUT2D eigenvalue weighted by Gasteiger charge is 2.37. The van der Waals surface area contributed by atoms with Gasteiger partial charge in [-0.05, 0) is 57.0 Å². The minimum absolute atomic E-state index is 0.441. The molecule has 0 N–H and O–H groups in total. The maximum absolute atomic E-state index is 2.67.